The maximum Gasteiger partial charge on any atom is 0.264 e. The molecule has 1 aromatic carbocycles. The fourth-order valence-corrected chi connectivity index (χ4v) is 4.54. The maximum absolute atomic E-state index is 12.6. The van der Waals surface area contributed by atoms with E-state index in [9.17, 15) is 13.2 Å². The number of piperidine rings is 1. The van der Waals surface area contributed by atoms with E-state index in [4.69, 9.17) is 5.26 Å². The summed E-state index contributed by atoms with van der Waals surface area (Å²) in [4.78, 5) is 23.0. The van der Waals surface area contributed by atoms with Gasteiger partial charge < -0.3 is 10.2 Å². The molecule has 1 aliphatic heterocycles. The molecule has 1 aliphatic rings. The first kappa shape index (κ1) is 22.7. The van der Waals surface area contributed by atoms with Crippen molar-refractivity contribution in [3.63, 3.8) is 0 Å². The van der Waals surface area contributed by atoms with Crippen LogP contribution in [0.2, 0.25) is 0 Å². The molecule has 2 N–H and O–H groups in total. The lowest BCUT2D eigenvalue weighted by molar-refractivity contribution is -0.121. The van der Waals surface area contributed by atoms with Crippen LogP contribution < -0.4 is 10.0 Å². The number of nitrogens with one attached hydrogen (secondary N) is 2. The molecule has 0 bridgehead atoms. The molecule has 2 heterocycles. The van der Waals surface area contributed by atoms with E-state index in [1.54, 1.807) is 32.0 Å². The molecule has 2 aromatic rings. The fraction of sp³-hybridized carbons (Fsp3) is 0.429. The third-order valence-electron chi connectivity index (χ3n) is 5.06. The summed E-state index contributed by atoms with van der Waals surface area (Å²) < 4.78 is 27.6. The molecule has 1 amide bonds. The number of carbonyl (C=O) groups excluding carboxylic acids is 1. The highest BCUT2D eigenvalue weighted by Gasteiger charge is 2.25. The average Bonchev–Trinajstić information content (AvgIpc) is 2.71. The van der Waals surface area contributed by atoms with Crippen molar-refractivity contribution < 1.29 is 13.2 Å². The molecule has 1 aromatic heterocycles. The van der Waals surface area contributed by atoms with Crippen molar-refractivity contribution >= 4 is 27.6 Å². The lowest BCUT2D eigenvalue weighted by atomic mass is 9.97. The van der Waals surface area contributed by atoms with Gasteiger partial charge in [0.1, 0.15) is 0 Å². The van der Waals surface area contributed by atoms with Crippen LogP contribution >= 0.6 is 0 Å². The number of nitriles is 1. The minimum atomic E-state index is -3.85. The van der Waals surface area contributed by atoms with Gasteiger partial charge in [-0.3, -0.25) is 4.79 Å². The number of carbonyl (C=O) groups is 1. The van der Waals surface area contributed by atoms with Gasteiger partial charge in [-0.25, -0.2) is 23.1 Å². The third-order valence-corrected chi connectivity index (χ3v) is 6.40. The van der Waals surface area contributed by atoms with E-state index in [1.165, 1.54) is 12.1 Å². The average molecular weight is 443 g/mol. The molecule has 0 spiro atoms. The first-order chi connectivity index (χ1) is 14.8. The Morgan fingerprint density at radius 2 is 1.90 bits per heavy atom. The number of aryl methyl sites for hydroxylation is 2. The normalized spacial score (nSPS) is 17.0. The van der Waals surface area contributed by atoms with Gasteiger partial charge in [0.15, 0.2) is 0 Å². The van der Waals surface area contributed by atoms with Crippen molar-refractivity contribution in [1.29, 1.82) is 5.26 Å². The molecule has 31 heavy (non-hydrogen) atoms. The second-order valence-corrected chi connectivity index (χ2v) is 9.32. The standard InChI is InChI=1S/C21H26N6O3S/c1-15-13-16(2)24-21(23-15)26-31(29,30)19-8-6-18(7-9-19)25-20(28)17-5-3-11-27(14-17)12-4-10-22/h6-9,13,17H,3-5,11-12,14H2,1-2H3,(H,25,28)(H,23,24,26). The molecular formula is C21H26N6O3S. The second-order valence-electron chi connectivity index (χ2n) is 7.64. The fourth-order valence-electron chi connectivity index (χ4n) is 3.59. The monoisotopic (exact) mass is 442 g/mol. The summed E-state index contributed by atoms with van der Waals surface area (Å²) >= 11 is 0. The third kappa shape index (κ3) is 6.23. The molecule has 10 heteroatoms. The Morgan fingerprint density at radius 3 is 2.55 bits per heavy atom. The van der Waals surface area contributed by atoms with Gasteiger partial charge in [-0.05, 0) is 63.6 Å². The zero-order chi connectivity index (χ0) is 22.4. The summed E-state index contributed by atoms with van der Waals surface area (Å²) in [6, 6.07) is 9.87. The predicted octanol–water partition coefficient (Wildman–Crippen LogP) is 2.46. The molecule has 1 saturated heterocycles. The van der Waals surface area contributed by atoms with E-state index in [-0.39, 0.29) is 22.7 Å². The van der Waals surface area contributed by atoms with Gasteiger partial charge >= 0.3 is 0 Å². The topological polar surface area (TPSA) is 128 Å². The van der Waals surface area contributed by atoms with Crippen LogP contribution in [0.25, 0.3) is 0 Å². The lowest BCUT2D eigenvalue weighted by Gasteiger charge is -2.31. The van der Waals surface area contributed by atoms with Crippen LogP contribution in [0.1, 0.15) is 30.7 Å². The first-order valence-corrected chi connectivity index (χ1v) is 11.6. The summed E-state index contributed by atoms with van der Waals surface area (Å²) in [6.45, 7) is 5.72. The molecule has 164 valence electrons. The van der Waals surface area contributed by atoms with Crippen molar-refractivity contribution in [3.05, 3.63) is 41.7 Å². The van der Waals surface area contributed by atoms with Gasteiger partial charge in [-0.15, -0.1) is 0 Å². The Morgan fingerprint density at radius 1 is 1.23 bits per heavy atom. The van der Waals surface area contributed by atoms with E-state index in [1.807, 2.05) is 0 Å². The summed E-state index contributed by atoms with van der Waals surface area (Å²) in [7, 11) is -3.85. The van der Waals surface area contributed by atoms with Crippen LogP contribution in [-0.2, 0) is 14.8 Å². The number of sulfonamides is 1. The van der Waals surface area contributed by atoms with Crippen molar-refractivity contribution in [2.75, 3.05) is 29.7 Å². The predicted molar refractivity (Wildman–Crippen MR) is 117 cm³/mol. The Balaban J connectivity index is 1.63. The molecule has 0 aliphatic carbocycles. The van der Waals surface area contributed by atoms with Crippen molar-refractivity contribution in [1.82, 2.24) is 14.9 Å². The number of rotatable bonds is 7. The van der Waals surface area contributed by atoms with E-state index in [0.29, 0.717) is 36.6 Å². The lowest BCUT2D eigenvalue weighted by Crippen LogP contribution is -2.41. The van der Waals surface area contributed by atoms with Gasteiger partial charge in [-0.2, -0.15) is 5.26 Å². The Hall–Kier alpha value is -3.03. The number of hydrogen-bond acceptors (Lipinski definition) is 7. The van der Waals surface area contributed by atoms with Crippen molar-refractivity contribution in [2.45, 2.75) is 38.0 Å². The first-order valence-electron chi connectivity index (χ1n) is 10.1. The molecule has 0 radical (unpaired) electrons. The molecule has 3 rings (SSSR count). The van der Waals surface area contributed by atoms with Crippen LogP contribution in [0.4, 0.5) is 11.6 Å². The number of amides is 1. The largest absolute Gasteiger partial charge is 0.326 e. The second kappa shape index (κ2) is 9.85. The summed E-state index contributed by atoms with van der Waals surface area (Å²) in [5.41, 5.74) is 1.86. The van der Waals surface area contributed by atoms with Gasteiger partial charge in [0.05, 0.1) is 16.9 Å². The molecule has 9 nitrogen and oxygen atoms in total. The van der Waals surface area contributed by atoms with Gasteiger partial charge in [0.2, 0.25) is 11.9 Å². The number of hydrogen-bond donors (Lipinski definition) is 2. The number of benzene rings is 1. The molecule has 1 unspecified atom stereocenters. The smallest absolute Gasteiger partial charge is 0.264 e. The van der Waals surface area contributed by atoms with E-state index in [0.717, 1.165) is 19.4 Å². The van der Waals surface area contributed by atoms with Crippen LogP contribution in [0.5, 0.6) is 0 Å². The van der Waals surface area contributed by atoms with Crippen LogP contribution in [0, 0.1) is 31.1 Å². The van der Waals surface area contributed by atoms with Crippen LogP contribution in [-0.4, -0.2) is 48.8 Å². The zero-order valence-corrected chi connectivity index (χ0v) is 18.4. The Kier molecular flexibility index (Phi) is 7.20. The van der Waals surface area contributed by atoms with Gasteiger partial charge in [-0.1, -0.05) is 0 Å². The highest BCUT2D eigenvalue weighted by molar-refractivity contribution is 7.92. The number of anilines is 2. The zero-order valence-electron chi connectivity index (χ0n) is 17.6. The molecular weight excluding hydrogens is 416 g/mol. The Labute approximate surface area is 182 Å². The SMILES string of the molecule is Cc1cc(C)nc(NS(=O)(=O)c2ccc(NC(=O)C3CCCN(CCC#N)C3)cc2)n1. The highest BCUT2D eigenvalue weighted by Crippen LogP contribution is 2.21. The summed E-state index contributed by atoms with van der Waals surface area (Å²) in [6.07, 6.45) is 2.15. The minimum absolute atomic E-state index is 0.0214. The van der Waals surface area contributed by atoms with Crippen molar-refractivity contribution in [3.8, 4) is 6.07 Å². The summed E-state index contributed by atoms with van der Waals surface area (Å²) in [5, 5.41) is 11.6. The van der Waals surface area contributed by atoms with E-state index < -0.39 is 10.0 Å². The number of nitrogens with zero attached hydrogens (tertiary/aromatic N) is 4. The van der Waals surface area contributed by atoms with E-state index >= 15 is 0 Å². The number of aromatic nitrogens is 2. The highest BCUT2D eigenvalue weighted by atomic mass is 32.2. The molecule has 1 fully saturated rings. The molecule has 0 saturated carbocycles. The van der Waals surface area contributed by atoms with Crippen molar-refractivity contribution in [2.24, 2.45) is 5.92 Å². The van der Waals surface area contributed by atoms with Crippen LogP contribution in [0.15, 0.2) is 35.2 Å². The number of likely N-dealkylation sites (tertiary alicyclic amines) is 1. The molecule has 1 atom stereocenters. The Bertz CT molecular complexity index is 1060. The van der Waals surface area contributed by atoms with E-state index in [2.05, 4.69) is 31.0 Å². The maximum atomic E-state index is 12.6. The quantitative estimate of drug-likeness (QED) is 0.674. The van der Waals surface area contributed by atoms with Gasteiger partial charge in [0.25, 0.3) is 10.0 Å². The van der Waals surface area contributed by atoms with Crippen LogP contribution in [0.3, 0.4) is 0 Å². The minimum Gasteiger partial charge on any atom is -0.326 e. The van der Waals surface area contributed by atoms with Gasteiger partial charge in [0, 0.05) is 36.6 Å². The summed E-state index contributed by atoms with van der Waals surface area (Å²) in [5.74, 6) is -0.230.